The molecule has 0 aliphatic carbocycles. The number of carbonyl (C=O) groups is 2. The molecule has 25 heavy (non-hydrogen) atoms. The third-order valence-electron chi connectivity index (χ3n) is 4.93. The van der Waals surface area contributed by atoms with Gasteiger partial charge in [-0.2, -0.15) is 12.6 Å². The van der Waals surface area contributed by atoms with Gasteiger partial charge in [-0.1, -0.05) is 33.9 Å². The zero-order valence-electron chi connectivity index (χ0n) is 15.8. The highest BCUT2D eigenvalue weighted by atomic mass is 32.2. The monoisotopic (exact) mass is 410 g/mol. The van der Waals surface area contributed by atoms with Gasteiger partial charge in [0.2, 0.25) is 15.9 Å². The van der Waals surface area contributed by atoms with Gasteiger partial charge >= 0.3 is 5.97 Å². The quantitative estimate of drug-likeness (QED) is 0.376. The largest absolute Gasteiger partial charge is 0.464 e. The first kappa shape index (κ1) is 22.5. The Morgan fingerprint density at radius 2 is 1.92 bits per heavy atom. The minimum Gasteiger partial charge on any atom is -0.464 e. The molecule has 1 aliphatic rings. The molecule has 1 rings (SSSR count). The van der Waals surface area contributed by atoms with Gasteiger partial charge in [0.15, 0.2) is 0 Å². The second-order valence-corrected chi connectivity index (χ2v) is 15.5. The SMILES string of the molecule is CCOC(=O)[C@H](CS)NC(=O)CC1CS(=O)(=O)N1[Si](C)(C)C(C)(C)C. The molecule has 0 aromatic carbocycles. The van der Waals surface area contributed by atoms with Gasteiger partial charge in [-0.05, 0) is 12.0 Å². The Balaban J connectivity index is 2.82. The Kier molecular flexibility index (Phi) is 7.16. The second kappa shape index (κ2) is 7.97. The van der Waals surface area contributed by atoms with E-state index in [1.165, 1.54) is 0 Å². The van der Waals surface area contributed by atoms with Gasteiger partial charge in [0.1, 0.15) is 14.3 Å². The molecule has 1 N–H and O–H groups in total. The van der Waals surface area contributed by atoms with Crippen LogP contribution in [0.5, 0.6) is 0 Å². The molecule has 1 aliphatic heterocycles. The van der Waals surface area contributed by atoms with Crippen molar-refractivity contribution in [2.75, 3.05) is 18.1 Å². The minimum atomic E-state index is -3.31. The molecular weight excluding hydrogens is 380 g/mol. The molecule has 1 fully saturated rings. The highest BCUT2D eigenvalue weighted by molar-refractivity contribution is 7.92. The van der Waals surface area contributed by atoms with Gasteiger partial charge in [0.05, 0.1) is 12.4 Å². The lowest BCUT2D eigenvalue weighted by Crippen LogP contribution is -2.70. The fourth-order valence-electron chi connectivity index (χ4n) is 2.70. The number of sulfonamides is 1. The average Bonchev–Trinajstić information content (AvgIpc) is 2.41. The topological polar surface area (TPSA) is 92.8 Å². The van der Waals surface area contributed by atoms with Crippen LogP contribution in [0.15, 0.2) is 0 Å². The van der Waals surface area contributed by atoms with Crippen molar-refractivity contribution in [3.63, 3.8) is 0 Å². The number of carbonyl (C=O) groups excluding carboxylic acids is 2. The molecule has 146 valence electrons. The Hall–Kier alpha value is -0.583. The molecule has 0 spiro atoms. The predicted octanol–water partition coefficient (Wildman–Crippen LogP) is 1.37. The van der Waals surface area contributed by atoms with Gasteiger partial charge in [-0.15, -0.1) is 0 Å². The standard InChI is InChI=1S/C15H30N2O5S2Si/c1-7-22-14(19)12(9-23)16-13(18)8-11-10-24(20,21)17(11)25(5,6)15(2,3)4/h11-12,23H,7-10H2,1-6H3,(H,16,18)/t11?,12-/m0/s1. The van der Waals surface area contributed by atoms with Gasteiger partial charge in [0.25, 0.3) is 0 Å². The van der Waals surface area contributed by atoms with Crippen LogP contribution in [0.1, 0.15) is 34.1 Å². The van der Waals surface area contributed by atoms with Crippen molar-refractivity contribution in [2.45, 2.75) is 64.3 Å². The maximum atomic E-state index is 12.3. The number of hydrogen-bond acceptors (Lipinski definition) is 6. The van der Waals surface area contributed by atoms with Crippen molar-refractivity contribution in [1.82, 2.24) is 9.29 Å². The summed E-state index contributed by atoms with van der Waals surface area (Å²) >= 11 is 4.06. The number of amides is 1. The van der Waals surface area contributed by atoms with Crippen molar-refractivity contribution >= 4 is 42.8 Å². The van der Waals surface area contributed by atoms with E-state index in [0.717, 1.165) is 0 Å². The summed E-state index contributed by atoms with van der Waals surface area (Å²) in [5.74, 6) is -0.804. The van der Waals surface area contributed by atoms with Crippen LogP contribution in [0.2, 0.25) is 18.1 Å². The van der Waals surface area contributed by atoms with Crippen LogP contribution >= 0.6 is 12.6 Å². The molecule has 0 radical (unpaired) electrons. The van der Waals surface area contributed by atoms with E-state index in [2.05, 4.69) is 17.9 Å². The molecule has 1 amide bonds. The lowest BCUT2D eigenvalue weighted by molar-refractivity contribution is -0.146. The Labute approximate surface area is 157 Å². The highest BCUT2D eigenvalue weighted by Gasteiger charge is 2.56. The van der Waals surface area contributed by atoms with E-state index in [9.17, 15) is 18.0 Å². The maximum absolute atomic E-state index is 12.3. The maximum Gasteiger partial charge on any atom is 0.329 e. The van der Waals surface area contributed by atoms with E-state index in [-0.39, 0.29) is 41.5 Å². The van der Waals surface area contributed by atoms with E-state index in [1.807, 2.05) is 33.9 Å². The van der Waals surface area contributed by atoms with Crippen molar-refractivity contribution in [1.29, 1.82) is 0 Å². The van der Waals surface area contributed by atoms with E-state index in [4.69, 9.17) is 4.74 Å². The normalized spacial score (nSPS) is 22.0. The van der Waals surface area contributed by atoms with Crippen LogP contribution in [0.4, 0.5) is 0 Å². The zero-order chi connectivity index (χ0) is 19.6. The van der Waals surface area contributed by atoms with Crippen LogP contribution in [-0.2, 0) is 24.3 Å². The fraction of sp³-hybridized carbons (Fsp3) is 0.867. The second-order valence-electron chi connectivity index (χ2n) is 7.80. The smallest absolute Gasteiger partial charge is 0.329 e. The summed E-state index contributed by atoms with van der Waals surface area (Å²) in [5.41, 5.74) is 0. The summed E-state index contributed by atoms with van der Waals surface area (Å²) < 4.78 is 31.1. The first-order valence-electron chi connectivity index (χ1n) is 8.37. The zero-order valence-corrected chi connectivity index (χ0v) is 18.5. The number of ether oxygens (including phenoxy) is 1. The van der Waals surface area contributed by atoms with Crippen LogP contribution in [0, 0.1) is 0 Å². The molecule has 1 heterocycles. The molecule has 1 unspecified atom stereocenters. The summed E-state index contributed by atoms with van der Waals surface area (Å²) in [6.45, 7) is 12.0. The Morgan fingerprint density at radius 3 is 2.32 bits per heavy atom. The first-order chi connectivity index (χ1) is 11.3. The third-order valence-corrected chi connectivity index (χ3v) is 14.3. The lowest BCUT2D eigenvalue weighted by Gasteiger charge is -2.53. The summed E-state index contributed by atoms with van der Waals surface area (Å²) in [6, 6.07) is -1.18. The predicted molar refractivity (Wildman–Crippen MR) is 104 cm³/mol. The van der Waals surface area contributed by atoms with Crippen molar-refractivity contribution in [3.8, 4) is 0 Å². The number of esters is 1. The summed E-state index contributed by atoms with van der Waals surface area (Å²) in [7, 11) is -5.62. The molecule has 0 aromatic heterocycles. The highest BCUT2D eigenvalue weighted by Crippen LogP contribution is 2.44. The van der Waals surface area contributed by atoms with Crippen LogP contribution in [0.3, 0.4) is 0 Å². The van der Waals surface area contributed by atoms with Gasteiger partial charge in [-0.3, -0.25) is 4.79 Å². The molecule has 1 saturated heterocycles. The average molecular weight is 411 g/mol. The van der Waals surface area contributed by atoms with E-state index < -0.39 is 30.3 Å². The molecular formula is C15H30N2O5S2Si. The molecule has 0 bridgehead atoms. The molecule has 2 atom stereocenters. The number of hydrogen-bond donors (Lipinski definition) is 2. The van der Waals surface area contributed by atoms with Crippen molar-refractivity contribution in [2.24, 2.45) is 0 Å². The van der Waals surface area contributed by atoms with Gasteiger partial charge < -0.3 is 10.1 Å². The number of rotatable bonds is 7. The minimum absolute atomic E-state index is 0.0299. The molecule has 0 saturated carbocycles. The first-order valence-corrected chi connectivity index (χ1v) is 13.6. The van der Waals surface area contributed by atoms with Crippen LogP contribution < -0.4 is 5.32 Å². The molecule has 7 nitrogen and oxygen atoms in total. The lowest BCUT2D eigenvalue weighted by atomic mass is 10.2. The Morgan fingerprint density at radius 1 is 1.36 bits per heavy atom. The van der Waals surface area contributed by atoms with Crippen LogP contribution in [0.25, 0.3) is 0 Å². The number of nitrogens with zero attached hydrogens (tertiary/aromatic N) is 1. The van der Waals surface area contributed by atoms with Gasteiger partial charge in [-0.25, -0.2) is 17.2 Å². The summed E-state index contributed by atoms with van der Waals surface area (Å²) in [4.78, 5) is 24.1. The molecule has 10 heteroatoms. The number of thiol groups is 1. The molecule has 0 aromatic rings. The third kappa shape index (κ3) is 4.99. The van der Waals surface area contributed by atoms with Crippen molar-refractivity contribution < 1.29 is 22.7 Å². The van der Waals surface area contributed by atoms with Crippen molar-refractivity contribution in [3.05, 3.63) is 0 Å². The summed E-state index contributed by atoms with van der Waals surface area (Å²) in [5, 5.41) is 2.43. The fourth-order valence-corrected chi connectivity index (χ4v) is 9.91. The Bertz CT molecular complexity index is 616. The van der Waals surface area contributed by atoms with E-state index >= 15 is 0 Å². The number of nitrogens with one attached hydrogen (secondary N) is 1. The van der Waals surface area contributed by atoms with Gasteiger partial charge in [0, 0.05) is 18.2 Å². The van der Waals surface area contributed by atoms with Crippen LogP contribution in [-0.4, -0.2) is 62.7 Å². The summed E-state index contributed by atoms with van der Waals surface area (Å²) in [6.07, 6.45) is 0.0371. The van der Waals surface area contributed by atoms with E-state index in [0.29, 0.717) is 0 Å². The van der Waals surface area contributed by atoms with E-state index in [1.54, 1.807) is 10.9 Å².